The molecule has 2 aromatic rings. The van der Waals surface area contributed by atoms with Crippen LogP contribution in [0.1, 0.15) is 12.7 Å². The van der Waals surface area contributed by atoms with E-state index < -0.39 is 0 Å². The Morgan fingerprint density at radius 1 is 1.24 bits per heavy atom. The lowest BCUT2D eigenvalue weighted by molar-refractivity contribution is -0.114. The van der Waals surface area contributed by atoms with Gasteiger partial charge in [-0.05, 0) is 18.2 Å². The predicted molar refractivity (Wildman–Crippen MR) is 93.4 cm³/mol. The van der Waals surface area contributed by atoms with Gasteiger partial charge in [0, 0.05) is 44.9 Å². The van der Waals surface area contributed by atoms with E-state index in [9.17, 15) is 9.59 Å². The molecule has 0 saturated heterocycles. The van der Waals surface area contributed by atoms with E-state index in [0.29, 0.717) is 37.5 Å². The van der Waals surface area contributed by atoms with Crippen molar-refractivity contribution in [2.24, 2.45) is 0 Å². The third-order valence-corrected chi connectivity index (χ3v) is 3.31. The summed E-state index contributed by atoms with van der Waals surface area (Å²) in [5.41, 5.74) is 1.21. The fourth-order valence-corrected chi connectivity index (χ4v) is 2.19. The Hall–Kier alpha value is -2.94. The molecule has 3 N–H and O–H groups in total. The first-order valence-corrected chi connectivity index (χ1v) is 7.86. The van der Waals surface area contributed by atoms with Crippen LogP contribution < -0.4 is 16.0 Å². The molecule has 0 aliphatic rings. The van der Waals surface area contributed by atoms with Crippen LogP contribution in [0.15, 0.2) is 30.6 Å². The van der Waals surface area contributed by atoms with Crippen LogP contribution in [0, 0.1) is 0 Å². The topological polar surface area (TPSA) is 110 Å². The lowest BCUT2D eigenvalue weighted by Crippen LogP contribution is -2.31. The van der Waals surface area contributed by atoms with Crippen molar-refractivity contribution in [2.75, 3.05) is 30.9 Å². The lowest BCUT2D eigenvalue weighted by Gasteiger charge is -2.10. The van der Waals surface area contributed by atoms with Gasteiger partial charge in [0.1, 0.15) is 12.2 Å². The van der Waals surface area contributed by atoms with E-state index in [1.807, 2.05) is 4.57 Å². The molecule has 3 amide bonds. The van der Waals surface area contributed by atoms with Gasteiger partial charge >= 0.3 is 6.03 Å². The molecule has 9 nitrogen and oxygen atoms in total. The van der Waals surface area contributed by atoms with Gasteiger partial charge in [0.15, 0.2) is 0 Å². The maximum Gasteiger partial charge on any atom is 0.319 e. The van der Waals surface area contributed by atoms with Crippen molar-refractivity contribution in [1.82, 2.24) is 20.1 Å². The molecule has 0 atom stereocenters. The Labute approximate surface area is 145 Å². The van der Waals surface area contributed by atoms with Crippen molar-refractivity contribution in [3.05, 3.63) is 36.4 Å². The average Bonchev–Trinajstić information content (AvgIpc) is 3.00. The number of urea groups is 1. The number of hydrogen-bond acceptors (Lipinski definition) is 5. The molecule has 1 aromatic carbocycles. The number of nitrogens with zero attached hydrogens (tertiary/aromatic N) is 3. The summed E-state index contributed by atoms with van der Waals surface area (Å²) in [5.74, 6) is 0.615. The fraction of sp³-hybridized carbons (Fsp3) is 0.375. The van der Waals surface area contributed by atoms with Gasteiger partial charge in [0.05, 0.1) is 6.61 Å². The van der Waals surface area contributed by atoms with Gasteiger partial charge in [0.2, 0.25) is 5.91 Å². The van der Waals surface area contributed by atoms with Crippen molar-refractivity contribution in [3.8, 4) is 0 Å². The van der Waals surface area contributed by atoms with Gasteiger partial charge in [-0.1, -0.05) is 6.07 Å². The molecule has 0 radical (unpaired) electrons. The van der Waals surface area contributed by atoms with Crippen molar-refractivity contribution in [3.63, 3.8) is 0 Å². The summed E-state index contributed by atoms with van der Waals surface area (Å²) in [6.45, 7) is 3.09. The van der Waals surface area contributed by atoms with Crippen LogP contribution in [0.5, 0.6) is 0 Å². The van der Waals surface area contributed by atoms with E-state index in [2.05, 4.69) is 26.1 Å². The highest BCUT2D eigenvalue weighted by molar-refractivity contribution is 5.92. The Kier molecular flexibility index (Phi) is 6.90. The summed E-state index contributed by atoms with van der Waals surface area (Å²) in [6, 6.07) is 6.59. The molecule has 0 aliphatic carbocycles. The summed E-state index contributed by atoms with van der Waals surface area (Å²) in [4.78, 5) is 23.0. The van der Waals surface area contributed by atoms with Crippen molar-refractivity contribution < 1.29 is 14.3 Å². The Morgan fingerprint density at radius 2 is 2.00 bits per heavy atom. The quantitative estimate of drug-likeness (QED) is 0.666. The molecular formula is C16H22N6O3. The second-order valence-corrected chi connectivity index (χ2v) is 5.33. The van der Waals surface area contributed by atoms with Crippen molar-refractivity contribution in [2.45, 2.75) is 19.9 Å². The zero-order chi connectivity index (χ0) is 18.1. The molecule has 1 aromatic heterocycles. The van der Waals surface area contributed by atoms with Crippen LogP contribution >= 0.6 is 0 Å². The van der Waals surface area contributed by atoms with E-state index >= 15 is 0 Å². The van der Waals surface area contributed by atoms with Gasteiger partial charge < -0.3 is 25.3 Å². The molecule has 9 heteroatoms. The summed E-state index contributed by atoms with van der Waals surface area (Å²) in [5, 5.41) is 16.1. The number of nitrogens with one attached hydrogen (secondary N) is 3. The van der Waals surface area contributed by atoms with Crippen LogP contribution in [-0.2, 0) is 22.5 Å². The van der Waals surface area contributed by atoms with Crippen LogP contribution in [0.3, 0.4) is 0 Å². The first-order valence-electron chi connectivity index (χ1n) is 7.86. The van der Waals surface area contributed by atoms with E-state index in [0.717, 1.165) is 5.82 Å². The number of methoxy groups -OCH3 is 1. The summed E-state index contributed by atoms with van der Waals surface area (Å²) >= 11 is 0. The van der Waals surface area contributed by atoms with E-state index in [1.54, 1.807) is 37.7 Å². The molecule has 1 heterocycles. The van der Waals surface area contributed by atoms with Gasteiger partial charge in [-0.2, -0.15) is 0 Å². The zero-order valence-electron chi connectivity index (χ0n) is 14.3. The standard InChI is InChI=1S/C16H22N6O3/c1-12(23)19-13-4-3-5-14(10-13)20-16(24)17-7-6-15-21-18-11-22(15)8-9-25-2/h3-5,10-11H,6-9H2,1-2H3,(H,19,23)(H2,17,20,24). The van der Waals surface area contributed by atoms with Gasteiger partial charge in [-0.25, -0.2) is 4.79 Å². The number of ether oxygens (including phenoxy) is 1. The maximum absolute atomic E-state index is 12.0. The van der Waals surface area contributed by atoms with E-state index in [-0.39, 0.29) is 11.9 Å². The number of amides is 3. The van der Waals surface area contributed by atoms with Crippen LogP contribution in [0.25, 0.3) is 0 Å². The highest BCUT2D eigenvalue weighted by Gasteiger charge is 2.06. The lowest BCUT2D eigenvalue weighted by atomic mass is 10.2. The van der Waals surface area contributed by atoms with E-state index in [1.165, 1.54) is 6.92 Å². The van der Waals surface area contributed by atoms with Gasteiger partial charge in [0.25, 0.3) is 0 Å². The molecule has 0 aliphatic heterocycles. The molecule has 25 heavy (non-hydrogen) atoms. The Balaban J connectivity index is 1.79. The van der Waals surface area contributed by atoms with Crippen LogP contribution in [0.4, 0.5) is 16.2 Å². The van der Waals surface area contributed by atoms with Crippen LogP contribution in [-0.4, -0.2) is 47.0 Å². The molecule has 0 unspecified atom stereocenters. The number of aromatic nitrogens is 3. The summed E-state index contributed by atoms with van der Waals surface area (Å²) < 4.78 is 6.92. The second kappa shape index (κ2) is 9.38. The summed E-state index contributed by atoms with van der Waals surface area (Å²) in [7, 11) is 1.64. The smallest absolute Gasteiger partial charge is 0.319 e. The molecule has 0 saturated carbocycles. The number of rotatable bonds is 8. The minimum Gasteiger partial charge on any atom is -0.383 e. The SMILES string of the molecule is COCCn1cnnc1CCNC(=O)Nc1cccc(NC(C)=O)c1. The molecule has 2 rings (SSSR count). The number of hydrogen-bond donors (Lipinski definition) is 3. The molecule has 0 spiro atoms. The third-order valence-electron chi connectivity index (χ3n) is 3.31. The first kappa shape index (κ1) is 18.4. The van der Waals surface area contributed by atoms with Crippen LogP contribution in [0.2, 0.25) is 0 Å². The minimum absolute atomic E-state index is 0.167. The Morgan fingerprint density at radius 3 is 2.72 bits per heavy atom. The highest BCUT2D eigenvalue weighted by atomic mass is 16.5. The molecule has 0 fully saturated rings. The third kappa shape index (κ3) is 6.22. The molecule has 134 valence electrons. The van der Waals surface area contributed by atoms with Crippen molar-refractivity contribution >= 4 is 23.3 Å². The first-order chi connectivity index (χ1) is 12.1. The van der Waals surface area contributed by atoms with Crippen molar-refractivity contribution in [1.29, 1.82) is 0 Å². The fourth-order valence-electron chi connectivity index (χ4n) is 2.19. The monoisotopic (exact) mass is 346 g/mol. The Bertz CT molecular complexity index is 715. The number of carbonyl (C=O) groups excluding carboxylic acids is 2. The largest absolute Gasteiger partial charge is 0.383 e. The van der Waals surface area contributed by atoms with E-state index in [4.69, 9.17) is 4.74 Å². The average molecular weight is 346 g/mol. The summed E-state index contributed by atoms with van der Waals surface area (Å²) in [6.07, 6.45) is 2.20. The number of carbonyl (C=O) groups is 2. The zero-order valence-corrected chi connectivity index (χ0v) is 14.3. The number of anilines is 2. The normalized spacial score (nSPS) is 10.3. The minimum atomic E-state index is -0.331. The maximum atomic E-state index is 12.0. The second-order valence-electron chi connectivity index (χ2n) is 5.33. The highest BCUT2D eigenvalue weighted by Crippen LogP contribution is 2.14. The van der Waals surface area contributed by atoms with Gasteiger partial charge in [-0.3, -0.25) is 4.79 Å². The predicted octanol–water partition coefficient (Wildman–Crippen LogP) is 1.25. The molecule has 0 bridgehead atoms. The molecular weight excluding hydrogens is 324 g/mol. The van der Waals surface area contributed by atoms with Gasteiger partial charge in [-0.15, -0.1) is 10.2 Å². The number of benzene rings is 1.